The number of pyridine rings is 1. The second kappa shape index (κ2) is 9.74. The maximum Gasteiger partial charge on any atom is 0.287 e. The molecule has 29 heavy (non-hydrogen) atoms. The summed E-state index contributed by atoms with van der Waals surface area (Å²) in [7, 11) is 0. The molecule has 0 bridgehead atoms. The Bertz CT molecular complexity index is 1020. The van der Waals surface area contributed by atoms with Crippen LogP contribution in [0.25, 0.3) is 0 Å². The molecule has 0 amide bonds. The summed E-state index contributed by atoms with van der Waals surface area (Å²) < 4.78 is 20.5. The van der Waals surface area contributed by atoms with Crippen LogP contribution in [-0.4, -0.2) is 16.1 Å². The molecule has 10 heteroatoms. The van der Waals surface area contributed by atoms with E-state index in [9.17, 15) is 14.5 Å². The molecule has 148 valence electrons. The zero-order valence-corrected chi connectivity index (χ0v) is 18.4. The lowest BCUT2D eigenvalue weighted by molar-refractivity contribution is -0.385. The van der Waals surface area contributed by atoms with E-state index in [0.717, 1.165) is 25.4 Å². The number of hydrazone groups is 1. The lowest BCUT2D eigenvalue weighted by Crippen LogP contribution is -1.99. The van der Waals surface area contributed by atoms with Gasteiger partial charge < -0.3 is 4.74 Å². The summed E-state index contributed by atoms with van der Waals surface area (Å²) in [6, 6.07) is 12.7. The van der Waals surface area contributed by atoms with E-state index in [-0.39, 0.29) is 11.5 Å². The van der Waals surface area contributed by atoms with E-state index >= 15 is 0 Å². The SMILES string of the molecule is O=[N+]([O-])c1ccc(N/N=C/c2cc(Br)c(OCc3ccc(F)cc3)c(I)c2)nc1. The monoisotopic (exact) mass is 570 g/mol. The first-order chi connectivity index (χ1) is 13.9. The molecule has 0 fully saturated rings. The van der Waals surface area contributed by atoms with Crippen LogP contribution in [0.1, 0.15) is 11.1 Å². The number of anilines is 1. The Balaban J connectivity index is 1.64. The minimum Gasteiger partial charge on any atom is -0.487 e. The summed E-state index contributed by atoms with van der Waals surface area (Å²) >= 11 is 5.65. The fraction of sp³-hybridized carbons (Fsp3) is 0.0526. The Labute approximate surface area is 187 Å². The van der Waals surface area contributed by atoms with Crippen LogP contribution in [0.5, 0.6) is 5.75 Å². The van der Waals surface area contributed by atoms with Crippen LogP contribution in [-0.2, 0) is 6.61 Å². The van der Waals surface area contributed by atoms with Crippen molar-refractivity contribution in [1.82, 2.24) is 4.98 Å². The third-order valence-electron chi connectivity index (χ3n) is 3.67. The zero-order chi connectivity index (χ0) is 20.8. The Kier molecular flexibility index (Phi) is 7.09. The summed E-state index contributed by atoms with van der Waals surface area (Å²) in [6.45, 7) is 0.315. The van der Waals surface area contributed by atoms with Crippen LogP contribution in [0.4, 0.5) is 15.9 Å². The van der Waals surface area contributed by atoms with Gasteiger partial charge in [-0.2, -0.15) is 5.10 Å². The molecular formula is C19H13BrFIN4O3. The van der Waals surface area contributed by atoms with Gasteiger partial charge in [-0.1, -0.05) is 12.1 Å². The maximum atomic E-state index is 13.0. The zero-order valence-electron chi connectivity index (χ0n) is 14.7. The topological polar surface area (TPSA) is 89.7 Å². The molecule has 3 aromatic rings. The molecule has 1 aromatic heterocycles. The van der Waals surface area contributed by atoms with Crippen molar-refractivity contribution in [2.45, 2.75) is 6.61 Å². The van der Waals surface area contributed by atoms with E-state index in [1.165, 1.54) is 24.3 Å². The predicted molar refractivity (Wildman–Crippen MR) is 120 cm³/mol. The Morgan fingerprint density at radius 2 is 2.03 bits per heavy atom. The third-order valence-corrected chi connectivity index (χ3v) is 5.06. The van der Waals surface area contributed by atoms with Gasteiger partial charge in [0.2, 0.25) is 0 Å². The Morgan fingerprint density at radius 1 is 1.28 bits per heavy atom. The van der Waals surface area contributed by atoms with Crippen molar-refractivity contribution in [3.63, 3.8) is 0 Å². The van der Waals surface area contributed by atoms with Gasteiger partial charge in [-0.25, -0.2) is 9.37 Å². The minimum absolute atomic E-state index is 0.0887. The smallest absolute Gasteiger partial charge is 0.287 e. The first-order valence-electron chi connectivity index (χ1n) is 8.18. The molecule has 0 aliphatic heterocycles. The average molecular weight is 571 g/mol. The van der Waals surface area contributed by atoms with E-state index in [0.29, 0.717) is 18.2 Å². The van der Waals surface area contributed by atoms with Crippen molar-refractivity contribution in [1.29, 1.82) is 0 Å². The Hall–Kier alpha value is -2.60. The second-order valence-corrected chi connectivity index (χ2v) is 7.77. The van der Waals surface area contributed by atoms with Crippen LogP contribution in [0.2, 0.25) is 0 Å². The van der Waals surface area contributed by atoms with Crippen LogP contribution >= 0.6 is 38.5 Å². The van der Waals surface area contributed by atoms with Gasteiger partial charge in [-0.05, 0) is 80.0 Å². The van der Waals surface area contributed by atoms with Crippen molar-refractivity contribution in [3.8, 4) is 5.75 Å². The number of nitrogens with one attached hydrogen (secondary N) is 1. The number of benzene rings is 2. The van der Waals surface area contributed by atoms with Gasteiger partial charge in [0.15, 0.2) is 0 Å². The van der Waals surface area contributed by atoms with Gasteiger partial charge in [0, 0.05) is 6.07 Å². The lowest BCUT2D eigenvalue weighted by Gasteiger charge is -2.11. The molecule has 7 nitrogen and oxygen atoms in total. The molecule has 0 spiro atoms. The van der Waals surface area contributed by atoms with Crippen LogP contribution in [0, 0.1) is 19.5 Å². The molecule has 1 N–H and O–H groups in total. The van der Waals surface area contributed by atoms with Gasteiger partial charge in [-0.3, -0.25) is 15.5 Å². The van der Waals surface area contributed by atoms with Gasteiger partial charge in [-0.15, -0.1) is 0 Å². The number of hydrogen-bond donors (Lipinski definition) is 1. The highest BCUT2D eigenvalue weighted by Gasteiger charge is 2.09. The molecule has 0 saturated carbocycles. The van der Waals surface area contributed by atoms with E-state index < -0.39 is 4.92 Å². The second-order valence-electron chi connectivity index (χ2n) is 5.76. The standard InChI is InChI=1S/C19H13BrFIN4O3/c20-16-7-13(9-24-25-18-6-5-15(10-23-18)26(27)28)8-17(22)19(16)29-11-12-1-3-14(21)4-2-12/h1-10H,11H2,(H,23,25)/b24-9+. The predicted octanol–water partition coefficient (Wildman–Crippen LogP) is 5.52. The first kappa shape index (κ1) is 21.1. The maximum absolute atomic E-state index is 13.0. The Morgan fingerprint density at radius 3 is 2.66 bits per heavy atom. The summed E-state index contributed by atoms with van der Waals surface area (Å²) in [5, 5.41) is 14.7. The summed E-state index contributed by atoms with van der Waals surface area (Å²) in [4.78, 5) is 14.0. The van der Waals surface area contributed by atoms with Crippen molar-refractivity contribution < 1.29 is 14.1 Å². The highest BCUT2D eigenvalue weighted by atomic mass is 127. The van der Waals surface area contributed by atoms with Gasteiger partial charge in [0.25, 0.3) is 5.69 Å². The number of nitro groups is 1. The number of ether oxygens (including phenoxy) is 1. The summed E-state index contributed by atoms with van der Waals surface area (Å²) in [5.74, 6) is 0.780. The highest BCUT2D eigenvalue weighted by molar-refractivity contribution is 14.1. The fourth-order valence-corrected chi connectivity index (χ4v) is 4.03. The fourth-order valence-electron chi connectivity index (χ4n) is 2.26. The number of halogens is 3. The number of aromatic nitrogens is 1. The van der Waals surface area contributed by atoms with E-state index in [1.807, 2.05) is 12.1 Å². The van der Waals surface area contributed by atoms with Crippen molar-refractivity contribution in [3.05, 3.63) is 89.8 Å². The molecule has 0 atom stereocenters. The van der Waals surface area contributed by atoms with Crippen molar-refractivity contribution in [2.24, 2.45) is 5.10 Å². The number of hydrogen-bond acceptors (Lipinski definition) is 6. The molecule has 3 rings (SSSR count). The molecule has 0 unspecified atom stereocenters. The lowest BCUT2D eigenvalue weighted by atomic mass is 10.2. The molecule has 0 aliphatic carbocycles. The molecule has 0 saturated heterocycles. The van der Waals surface area contributed by atoms with E-state index in [2.05, 4.69) is 54.0 Å². The van der Waals surface area contributed by atoms with Gasteiger partial charge in [0.1, 0.15) is 30.2 Å². The summed E-state index contributed by atoms with van der Waals surface area (Å²) in [6.07, 6.45) is 2.75. The van der Waals surface area contributed by atoms with Crippen LogP contribution in [0.15, 0.2) is 64.3 Å². The van der Waals surface area contributed by atoms with Gasteiger partial charge >= 0.3 is 0 Å². The number of rotatable bonds is 7. The minimum atomic E-state index is -0.515. The molecular weight excluding hydrogens is 558 g/mol. The van der Waals surface area contributed by atoms with Crippen molar-refractivity contribution in [2.75, 3.05) is 5.43 Å². The third kappa shape index (κ3) is 5.94. The van der Waals surface area contributed by atoms with Crippen LogP contribution in [0.3, 0.4) is 0 Å². The molecule has 0 aliphatic rings. The quantitative estimate of drug-likeness (QED) is 0.175. The van der Waals surface area contributed by atoms with Crippen molar-refractivity contribution >= 4 is 56.2 Å². The van der Waals surface area contributed by atoms with Gasteiger partial charge in [0.05, 0.1) is 19.2 Å². The van der Waals surface area contributed by atoms with E-state index in [1.54, 1.807) is 18.3 Å². The average Bonchev–Trinajstić information content (AvgIpc) is 2.69. The normalized spacial score (nSPS) is 10.9. The summed E-state index contributed by atoms with van der Waals surface area (Å²) in [5.41, 5.74) is 4.30. The first-order valence-corrected chi connectivity index (χ1v) is 10.1. The van der Waals surface area contributed by atoms with E-state index in [4.69, 9.17) is 4.74 Å². The van der Waals surface area contributed by atoms with Crippen LogP contribution < -0.4 is 10.2 Å². The number of nitrogens with zero attached hydrogens (tertiary/aromatic N) is 3. The highest BCUT2D eigenvalue weighted by Crippen LogP contribution is 2.32. The molecule has 0 radical (unpaired) electrons. The molecule has 1 heterocycles. The largest absolute Gasteiger partial charge is 0.487 e. The molecule has 2 aromatic carbocycles.